The number of carbonyl (C=O) groups is 1. The summed E-state index contributed by atoms with van der Waals surface area (Å²) in [6, 6.07) is 7.39. The molecule has 0 saturated carbocycles. The number of hydrogen-bond acceptors (Lipinski definition) is 5. The first kappa shape index (κ1) is 22.7. The van der Waals surface area contributed by atoms with E-state index in [4.69, 9.17) is 0 Å². The Kier molecular flexibility index (Phi) is 6.05. The molecular formula is C19H18F3N3O5S. The molecular weight excluding hydrogens is 439 g/mol. The summed E-state index contributed by atoms with van der Waals surface area (Å²) in [5.41, 5.74) is -0.755. The summed E-state index contributed by atoms with van der Waals surface area (Å²) >= 11 is 0. The first-order chi connectivity index (χ1) is 14.4. The monoisotopic (exact) mass is 457 g/mol. The quantitative estimate of drug-likeness (QED) is 0.519. The van der Waals surface area contributed by atoms with Gasteiger partial charge in [-0.25, -0.2) is 8.42 Å². The molecule has 3 rings (SSSR count). The minimum atomic E-state index is -4.57. The van der Waals surface area contributed by atoms with Gasteiger partial charge in [-0.3, -0.25) is 14.9 Å². The van der Waals surface area contributed by atoms with Crippen LogP contribution in [-0.2, 0) is 16.2 Å². The smallest absolute Gasteiger partial charge is 0.336 e. The second kappa shape index (κ2) is 8.27. The summed E-state index contributed by atoms with van der Waals surface area (Å²) in [5, 5.41) is 11.1. The minimum absolute atomic E-state index is 0.0425. The van der Waals surface area contributed by atoms with Crippen LogP contribution in [0.2, 0.25) is 0 Å². The maximum atomic E-state index is 12.8. The summed E-state index contributed by atoms with van der Waals surface area (Å²) < 4.78 is 64.6. The van der Waals surface area contributed by atoms with E-state index in [0.717, 1.165) is 16.4 Å². The zero-order valence-corrected chi connectivity index (χ0v) is 17.1. The van der Waals surface area contributed by atoms with Gasteiger partial charge in [0.25, 0.3) is 11.6 Å². The van der Waals surface area contributed by atoms with Gasteiger partial charge >= 0.3 is 6.18 Å². The van der Waals surface area contributed by atoms with E-state index in [1.54, 1.807) is 0 Å². The van der Waals surface area contributed by atoms with Crippen LogP contribution >= 0.6 is 0 Å². The minimum Gasteiger partial charge on any atom is -0.336 e. The van der Waals surface area contributed by atoms with Gasteiger partial charge < -0.3 is 4.90 Å². The van der Waals surface area contributed by atoms with Crippen LogP contribution in [0.5, 0.6) is 0 Å². The van der Waals surface area contributed by atoms with E-state index in [9.17, 15) is 36.5 Å². The van der Waals surface area contributed by atoms with Gasteiger partial charge in [-0.1, -0.05) is 6.07 Å². The van der Waals surface area contributed by atoms with Gasteiger partial charge in [-0.15, -0.1) is 0 Å². The van der Waals surface area contributed by atoms with Gasteiger partial charge in [0.05, 0.1) is 15.4 Å². The molecule has 0 aliphatic carbocycles. The Bertz CT molecular complexity index is 1110. The van der Waals surface area contributed by atoms with Gasteiger partial charge in [0.2, 0.25) is 10.0 Å². The van der Waals surface area contributed by atoms with E-state index in [0.29, 0.717) is 12.1 Å². The molecule has 1 saturated heterocycles. The SMILES string of the molecule is Cc1c(C(=O)N2CCN(S(=O)(=O)c3ccc(C(F)(F)F)cc3)CC2)cccc1[N+](=O)[O-]. The fourth-order valence-electron chi connectivity index (χ4n) is 3.32. The van der Waals surface area contributed by atoms with E-state index >= 15 is 0 Å². The second-order valence-electron chi connectivity index (χ2n) is 6.93. The van der Waals surface area contributed by atoms with Crippen LogP contribution in [-0.4, -0.2) is 54.6 Å². The van der Waals surface area contributed by atoms with Crippen LogP contribution in [0.4, 0.5) is 18.9 Å². The zero-order valence-electron chi connectivity index (χ0n) is 16.3. The molecule has 0 bridgehead atoms. The third-order valence-corrected chi connectivity index (χ3v) is 6.99. The van der Waals surface area contributed by atoms with Crippen molar-refractivity contribution >= 4 is 21.6 Å². The number of nitrogens with zero attached hydrogens (tertiary/aromatic N) is 3. The lowest BCUT2D eigenvalue weighted by atomic mass is 10.1. The fourth-order valence-corrected chi connectivity index (χ4v) is 4.74. The molecule has 8 nitrogen and oxygen atoms in total. The average Bonchev–Trinajstić information content (AvgIpc) is 2.73. The lowest BCUT2D eigenvalue weighted by Crippen LogP contribution is -2.50. The number of carbonyl (C=O) groups excluding carboxylic acids is 1. The van der Waals surface area contributed by atoms with Crippen molar-refractivity contribution in [2.75, 3.05) is 26.2 Å². The van der Waals surface area contributed by atoms with Crippen LogP contribution < -0.4 is 0 Å². The molecule has 0 atom stereocenters. The number of amides is 1. The molecule has 1 amide bonds. The number of rotatable bonds is 4. The van der Waals surface area contributed by atoms with Crippen molar-refractivity contribution < 1.29 is 31.3 Å². The van der Waals surface area contributed by atoms with E-state index in [-0.39, 0.29) is 47.9 Å². The molecule has 2 aromatic rings. The van der Waals surface area contributed by atoms with Crippen molar-refractivity contribution in [1.82, 2.24) is 9.21 Å². The highest BCUT2D eigenvalue weighted by Gasteiger charge is 2.33. The van der Waals surface area contributed by atoms with Crippen LogP contribution in [0.3, 0.4) is 0 Å². The molecule has 1 aliphatic rings. The molecule has 0 N–H and O–H groups in total. The molecule has 0 radical (unpaired) electrons. The number of sulfonamides is 1. The molecule has 31 heavy (non-hydrogen) atoms. The maximum Gasteiger partial charge on any atom is 0.416 e. The van der Waals surface area contributed by atoms with Crippen molar-refractivity contribution in [1.29, 1.82) is 0 Å². The summed E-state index contributed by atoms with van der Waals surface area (Å²) in [6.45, 7) is 1.45. The van der Waals surface area contributed by atoms with E-state index < -0.39 is 32.6 Å². The molecule has 1 aliphatic heterocycles. The molecule has 0 unspecified atom stereocenters. The van der Waals surface area contributed by atoms with Gasteiger partial charge in [-0.05, 0) is 37.3 Å². The average molecular weight is 457 g/mol. The molecule has 2 aromatic carbocycles. The Morgan fingerprint density at radius 1 is 1.03 bits per heavy atom. The molecule has 1 heterocycles. The topological polar surface area (TPSA) is 101 Å². The predicted molar refractivity (Wildman–Crippen MR) is 104 cm³/mol. The van der Waals surface area contributed by atoms with Gasteiger partial charge in [0.1, 0.15) is 0 Å². The third kappa shape index (κ3) is 4.54. The molecule has 12 heteroatoms. The number of piperazine rings is 1. The van der Waals surface area contributed by atoms with Crippen molar-refractivity contribution in [2.24, 2.45) is 0 Å². The van der Waals surface area contributed by atoms with Gasteiger partial charge in [0.15, 0.2) is 0 Å². The highest BCUT2D eigenvalue weighted by atomic mass is 32.2. The first-order valence-electron chi connectivity index (χ1n) is 9.13. The normalized spacial score (nSPS) is 15.7. The fraction of sp³-hybridized carbons (Fsp3) is 0.316. The van der Waals surface area contributed by atoms with E-state index in [2.05, 4.69) is 0 Å². The van der Waals surface area contributed by atoms with Crippen molar-refractivity contribution in [3.8, 4) is 0 Å². The lowest BCUT2D eigenvalue weighted by Gasteiger charge is -2.34. The molecule has 1 fully saturated rings. The van der Waals surface area contributed by atoms with Crippen molar-refractivity contribution in [2.45, 2.75) is 18.0 Å². The lowest BCUT2D eigenvalue weighted by molar-refractivity contribution is -0.385. The first-order valence-corrected chi connectivity index (χ1v) is 10.6. The van der Waals surface area contributed by atoms with Gasteiger partial charge in [0, 0.05) is 43.4 Å². The Labute approximate surface area is 176 Å². The van der Waals surface area contributed by atoms with Crippen molar-refractivity contribution in [3.05, 3.63) is 69.3 Å². The molecule has 166 valence electrons. The highest BCUT2D eigenvalue weighted by molar-refractivity contribution is 7.89. The Hall–Kier alpha value is -2.99. The summed E-state index contributed by atoms with van der Waals surface area (Å²) in [5.74, 6) is -0.451. The maximum absolute atomic E-state index is 12.8. The van der Waals surface area contributed by atoms with Crippen LogP contribution in [0, 0.1) is 17.0 Å². The van der Waals surface area contributed by atoms with Gasteiger partial charge in [-0.2, -0.15) is 17.5 Å². The number of nitro benzene ring substituents is 1. The second-order valence-corrected chi connectivity index (χ2v) is 8.86. The third-order valence-electron chi connectivity index (χ3n) is 5.08. The highest BCUT2D eigenvalue weighted by Crippen LogP contribution is 2.30. The summed E-state index contributed by atoms with van der Waals surface area (Å²) in [7, 11) is -4.03. The zero-order chi connectivity index (χ0) is 23.0. The van der Waals surface area contributed by atoms with E-state index in [1.165, 1.54) is 30.0 Å². The molecule has 0 aromatic heterocycles. The number of halogens is 3. The Balaban J connectivity index is 1.72. The van der Waals surface area contributed by atoms with Crippen LogP contribution in [0.1, 0.15) is 21.5 Å². The van der Waals surface area contributed by atoms with Crippen LogP contribution in [0.15, 0.2) is 47.4 Å². The Morgan fingerprint density at radius 2 is 1.61 bits per heavy atom. The molecule has 0 spiro atoms. The number of alkyl halides is 3. The number of nitro groups is 1. The standard InChI is InChI=1S/C19H18F3N3O5S/c1-13-16(3-2-4-17(13)25(27)28)18(26)23-9-11-24(12-10-23)31(29,30)15-7-5-14(6-8-15)19(20,21)22/h2-8H,9-12H2,1H3. The predicted octanol–water partition coefficient (Wildman–Crippen LogP) is 3.07. The van der Waals surface area contributed by atoms with E-state index in [1.807, 2.05) is 0 Å². The van der Waals surface area contributed by atoms with Crippen molar-refractivity contribution in [3.63, 3.8) is 0 Å². The number of hydrogen-bond donors (Lipinski definition) is 0. The Morgan fingerprint density at radius 3 is 2.13 bits per heavy atom. The largest absolute Gasteiger partial charge is 0.416 e. The summed E-state index contributed by atoms with van der Waals surface area (Å²) in [4.78, 5) is 24.4. The number of benzene rings is 2. The summed E-state index contributed by atoms with van der Waals surface area (Å²) in [6.07, 6.45) is -4.57. The van der Waals surface area contributed by atoms with Crippen LogP contribution in [0.25, 0.3) is 0 Å².